The number of aromatic amines is 1. The van der Waals surface area contributed by atoms with Gasteiger partial charge in [0.1, 0.15) is 22.8 Å². The molecule has 0 spiro atoms. The average Bonchev–Trinajstić information content (AvgIpc) is 3.38. The topological polar surface area (TPSA) is 117 Å². The molecule has 1 aliphatic carbocycles. The number of rotatable bonds is 5. The van der Waals surface area contributed by atoms with Crippen LogP contribution in [0, 0.1) is 0 Å². The van der Waals surface area contributed by atoms with Gasteiger partial charge in [-0.05, 0) is 25.3 Å². The van der Waals surface area contributed by atoms with Crippen LogP contribution >= 0.6 is 22.9 Å². The highest BCUT2D eigenvalue weighted by Crippen LogP contribution is 2.46. The zero-order valence-electron chi connectivity index (χ0n) is 15.1. The minimum atomic E-state index is -0.957. The molecule has 4 heterocycles. The Hall–Kier alpha value is -2.75. The number of aliphatic hydroxyl groups is 1. The molecule has 0 saturated heterocycles. The van der Waals surface area contributed by atoms with Crippen LogP contribution in [-0.2, 0) is 16.9 Å². The lowest BCUT2D eigenvalue weighted by Crippen LogP contribution is -2.33. The SMILES string of the molecule is O=C(O)Cn1cc(-c2cc3c(-c4cnc(C5(O)CCC5)s4)c(Cl)cnc3[nH]2)cn1. The van der Waals surface area contributed by atoms with Crippen LogP contribution in [0.15, 0.2) is 30.9 Å². The number of carboxylic acid groups (broad SMARTS) is 1. The Morgan fingerprint density at radius 3 is 2.86 bits per heavy atom. The molecule has 0 atom stereocenters. The van der Waals surface area contributed by atoms with Crippen molar-refractivity contribution in [1.82, 2.24) is 24.7 Å². The summed E-state index contributed by atoms with van der Waals surface area (Å²) in [6.07, 6.45) is 9.06. The van der Waals surface area contributed by atoms with E-state index in [1.165, 1.54) is 16.0 Å². The first-order valence-electron chi connectivity index (χ1n) is 9.04. The minimum absolute atomic E-state index is 0.206. The van der Waals surface area contributed by atoms with E-state index in [2.05, 4.69) is 20.1 Å². The van der Waals surface area contributed by atoms with Crippen molar-refractivity contribution in [2.24, 2.45) is 0 Å². The summed E-state index contributed by atoms with van der Waals surface area (Å²) in [5, 5.41) is 25.6. The molecule has 1 aliphatic rings. The Morgan fingerprint density at radius 1 is 1.31 bits per heavy atom. The monoisotopic (exact) mass is 429 g/mol. The molecule has 1 fully saturated rings. The van der Waals surface area contributed by atoms with Crippen LogP contribution in [0.4, 0.5) is 0 Å². The number of halogens is 1. The zero-order chi connectivity index (χ0) is 20.2. The molecular formula is C19H16ClN5O3S. The first-order valence-corrected chi connectivity index (χ1v) is 10.2. The highest BCUT2D eigenvalue weighted by molar-refractivity contribution is 7.15. The van der Waals surface area contributed by atoms with Gasteiger partial charge in [-0.25, -0.2) is 9.97 Å². The first kappa shape index (κ1) is 18.3. The van der Waals surface area contributed by atoms with Gasteiger partial charge in [-0.3, -0.25) is 9.48 Å². The van der Waals surface area contributed by atoms with Crippen molar-refractivity contribution < 1.29 is 15.0 Å². The number of hydrogen-bond acceptors (Lipinski definition) is 6. The molecule has 0 aliphatic heterocycles. The number of fused-ring (bicyclic) bond motifs is 1. The van der Waals surface area contributed by atoms with E-state index in [1.807, 2.05) is 6.07 Å². The smallest absolute Gasteiger partial charge is 0.325 e. The van der Waals surface area contributed by atoms with E-state index in [-0.39, 0.29) is 6.54 Å². The van der Waals surface area contributed by atoms with Crippen LogP contribution < -0.4 is 0 Å². The Balaban J connectivity index is 1.57. The average molecular weight is 430 g/mol. The standard InChI is InChI=1S/C19H16ClN5O3S/c20-12-6-21-17-11(4-13(24-17)10-5-23-25(8-10)9-15(26)27)16(12)14-7-22-18(29-14)19(28)2-1-3-19/h4-8,28H,1-3,9H2,(H,21,24)(H,26,27). The fraction of sp³-hybridized carbons (Fsp3) is 0.263. The maximum Gasteiger partial charge on any atom is 0.325 e. The van der Waals surface area contributed by atoms with E-state index in [1.54, 1.807) is 24.8 Å². The predicted molar refractivity (Wildman–Crippen MR) is 109 cm³/mol. The van der Waals surface area contributed by atoms with Crippen molar-refractivity contribution in [3.05, 3.63) is 40.9 Å². The molecule has 3 N–H and O–H groups in total. The van der Waals surface area contributed by atoms with Crippen LogP contribution in [0.25, 0.3) is 32.7 Å². The molecule has 0 amide bonds. The van der Waals surface area contributed by atoms with Crippen molar-refractivity contribution >= 4 is 39.9 Å². The second-order valence-corrected chi connectivity index (χ2v) is 8.60. The minimum Gasteiger partial charge on any atom is -0.480 e. The summed E-state index contributed by atoms with van der Waals surface area (Å²) in [5.74, 6) is -0.957. The number of carboxylic acids is 1. The number of hydrogen-bond donors (Lipinski definition) is 3. The molecular weight excluding hydrogens is 414 g/mol. The number of carbonyl (C=O) groups is 1. The summed E-state index contributed by atoms with van der Waals surface area (Å²) in [4.78, 5) is 23.8. The van der Waals surface area contributed by atoms with Gasteiger partial charge in [0, 0.05) is 35.1 Å². The van der Waals surface area contributed by atoms with Gasteiger partial charge in [0.15, 0.2) is 0 Å². The van der Waals surface area contributed by atoms with Gasteiger partial charge in [0.2, 0.25) is 0 Å². The number of H-pyrrole nitrogens is 1. The number of aliphatic carboxylic acids is 1. The normalized spacial score (nSPS) is 15.5. The van der Waals surface area contributed by atoms with Crippen molar-refractivity contribution in [1.29, 1.82) is 0 Å². The molecule has 5 rings (SSSR count). The number of aromatic nitrogens is 5. The summed E-state index contributed by atoms with van der Waals surface area (Å²) >= 11 is 7.93. The molecule has 148 valence electrons. The third kappa shape index (κ3) is 3.11. The second kappa shape index (κ2) is 6.65. The molecule has 0 unspecified atom stereocenters. The molecule has 0 bridgehead atoms. The Labute approximate surface area is 173 Å². The van der Waals surface area contributed by atoms with Gasteiger partial charge in [-0.1, -0.05) is 11.6 Å². The molecule has 4 aromatic heterocycles. The summed E-state index contributed by atoms with van der Waals surface area (Å²) in [6, 6.07) is 1.92. The molecule has 29 heavy (non-hydrogen) atoms. The van der Waals surface area contributed by atoms with Crippen molar-refractivity contribution in [3.63, 3.8) is 0 Å². The number of pyridine rings is 1. The fourth-order valence-electron chi connectivity index (χ4n) is 3.51. The molecule has 0 radical (unpaired) electrons. The summed E-state index contributed by atoms with van der Waals surface area (Å²) in [7, 11) is 0. The summed E-state index contributed by atoms with van der Waals surface area (Å²) < 4.78 is 1.36. The number of thiazole rings is 1. The maximum absolute atomic E-state index is 10.9. The first-order chi connectivity index (χ1) is 13.9. The summed E-state index contributed by atoms with van der Waals surface area (Å²) in [6.45, 7) is -0.206. The Bertz CT molecular complexity index is 1240. The lowest BCUT2D eigenvalue weighted by molar-refractivity contribution is -0.137. The third-order valence-electron chi connectivity index (χ3n) is 5.18. The fourth-order valence-corrected chi connectivity index (χ4v) is 4.96. The molecule has 4 aromatic rings. The van der Waals surface area contributed by atoms with E-state index >= 15 is 0 Å². The lowest BCUT2D eigenvalue weighted by Gasteiger charge is -2.34. The highest BCUT2D eigenvalue weighted by atomic mass is 35.5. The van der Waals surface area contributed by atoms with Gasteiger partial charge < -0.3 is 15.2 Å². The quantitative estimate of drug-likeness (QED) is 0.445. The largest absolute Gasteiger partial charge is 0.480 e. The maximum atomic E-state index is 10.9. The van der Waals surface area contributed by atoms with E-state index in [9.17, 15) is 9.90 Å². The van der Waals surface area contributed by atoms with Gasteiger partial charge in [0.25, 0.3) is 0 Å². The number of nitrogens with one attached hydrogen (secondary N) is 1. The lowest BCUT2D eigenvalue weighted by atomic mass is 9.81. The van der Waals surface area contributed by atoms with Crippen molar-refractivity contribution in [2.75, 3.05) is 0 Å². The zero-order valence-corrected chi connectivity index (χ0v) is 16.7. The Kier molecular flexibility index (Phi) is 4.19. The van der Waals surface area contributed by atoms with Crippen LogP contribution in [0.1, 0.15) is 24.3 Å². The van der Waals surface area contributed by atoms with Crippen LogP contribution in [-0.4, -0.2) is 40.9 Å². The molecule has 1 saturated carbocycles. The van der Waals surface area contributed by atoms with E-state index in [0.717, 1.165) is 46.3 Å². The number of nitrogens with zero attached hydrogens (tertiary/aromatic N) is 4. The highest BCUT2D eigenvalue weighted by Gasteiger charge is 2.39. The predicted octanol–water partition coefficient (Wildman–Crippen LogP) is 3.66. The Morgan fingerprint density at radius 2 is 2.14 bits per heavy atom. The van der Waals surface area contributed by atoms with Gasteiger partial charge >= 0.3 is 5.97 Å². The van der Waals surface area contributed by atoms with E-state index in [0.29, 0.717) is 15.7 Å². The van der Waals surface area contributed by atoms with E-state index in [4.69, 9.17) is 16.7 Å². The van der Waals surface area contributed by atoms with Crippen molar-refractivity contribution in [3.8, 4) is 21.7 Å². The van der Waals surface area contributed by atoms with Crippen LogP contribution in [0.5, 0.6) is 0 Å². The third-order valence-corrected chi connectivity index (χ3v) is 6.68. The van der Waals surface area contributed by atoms with Gasteiger partial charge in [-0.15, -0.1) is 11.3 Å². The second-order valence-electron chi connectivity index (χ2n) is 7.16. The molecule has 8 nitrogen and oxygen atoms in total. The van der Waals surface area contributed by atoms with Crippen LogP contribution in [0.2, 0.25) is 5.02 Å². The molecule has 10 heteroatoms. The van der Waals surface area contributed by atoms with Crippen molar-refractivity contribution in [2.45, 2.75) is 31.4 Å². The molecule has 0 aromatic carbocycles. The van der Waals surface area contributed by atoms with E-state index < -0.39 is 11.6 Å². The van der Waals surface area contributed by atoms with Gasteiger partial charge in [-0.2, -0.15) is 5.10 Å². The van der Waals surface area contributed by atoms with Gasteiger partial charge in [0.05, 0.1) is 21.8 Å². The van der Waals surface area contributed by atoms with Crippen LogP contribution in [0.3, 0.4) is 0 Å². The summed E-state index contributed by atoms with van der Waals surface area (Å²) in [5.41, 5.74) is 2.16.